The summed E-state index contributed by atoms with van der Waals surface area (Å²) >= 11 is 0. The molecule has 1 aliphatic heterocycles. The lowest BCUT2D eigenvalue weighted by Gasteiger charge is -2.27. The van der Waals surface area contributed by atoms with Gasteiger partial charge in [-0.3, -0.25) is 9.10 Å². The fourth-order valence-electron chi connectivity index (χ4n) is 1.91. The smallest absolute Gasteiger partial charge is 0.235 e. The van der Waals surface area contributed by atoms with Gasteiger partial charge in [-0.05, 0) is 24.1 Å². The lowest BCUT2D eigenvalue weighted by Crippen LogP contribution is -2.34. The molecule has 0 aliphatic carbocycles. The second kappa shape index (κ2) is 4.03. The lowest BCUT2D eigenvalue weighted by molar-refractivity contribution is 0.112. The quantitative estimate of drug-likeness (QED) is 0.734. The molecule has 1 aliphatic rings. The number of anilines is 1. The molecule has 0 saturated heterocycles. The highest BCUT2D eigenvalue weighted by atomic mass is 32.2. The Balaban J connectivity index is 2.62. The molecular weight excluding hydrogens is 242 g/mol. The van der Waals surface area contributed by atoms with Crippen LogP contribution in [0.25, 0.3) is 0 Å². The Morgan fingerprint density at radius 2 is 2.12 bits per heavy atom. The van der Waals surface area contributed by atoms with E-state index < -0.39 is 10.0 Å². The predicted molar refractivity (Wildman–Crippen MR) is 64.3 cm³/mol. The van der Waals surface area contributed by atoms with Gasteiger partial charge in [-0.2, -0.15) is 0 Å². The molecule has 0 N–H and O–H groups in total. The van der Waals surface area contributed by atoms with Crippen LogP contribution < -0.4 is 9.04 Å². The van der Waals surface area contributed by atoms with Gasteiger partial charge in [0.15, 0.2) is 6.29 Å². The fourth-order valence-corrected chi connectivity index (χ4v) is 3.14. The van der Waals surface area contributed by atoms with Gasteiger partial charge in [0, 0.05) is 7.05 Å². The van der Waals surface area contributed by atoms with Crippen LogP contribution >= 0.6 is 0 Å². The summed E-state index contributed by atoms with van der Waals surface area (Å²) in [5, 5.41) is 0. The Labute approximate surface area is 100 Å². The molecule has 0 bridgehead atoms. The molecule has 0 radical (unpaired) electrons. The van der Waals surface area contributed by atoms with Crippen molar-refractivity contribution in [1.82, 2.24) is 0 Å². The summed E-state index contributed by atoms with van der Waals surface area (Å²) in [6.45, 7) is 0. The van der Waals surface area contributed by atoms with Crippen molar-refractivity contribution < 1.29 is 17.9 Å². The van der Waals surface area contributed by atoms with Crippen LogP contribution in [0.4, 0.5) is 5.69 Å². The summed E-state index contributed by atoms with van der Waals surface area (Å²) < 4.78 is 29.7. The maximum Gasteiger partial charge on any atom is 0.235 e. The highest BCUT2D eigenvalue weighted by Gasteiger charge is 2.27. The first-order chi connectivity index (χ1) is 7.99. The summed E-state index contributed by atoms with van der Waals surface area (Å²) in [7, 11) is -0.264. The number of rotatable bonds is 2. The number of carbonyl (C=O) groups is 1. The predicted octanol–water partition coefficient (Wildman–Crippen LogP) is 0.830. The number of methoxy groups -OCH3 is 1. The molecule has 0 aromatic heterocycles. The van der Waals surface area contributed by atoms with Crippen LogP contribution in [0.5, 0.6) is 5.75 Å². The Morgan fingerprint density at radius 1 is 1.41 bits per heavy atom. The molecule has 0 unspecified atom stereocenters. The van der Waals surface area contributed by atoms with Gasteiger partial charge < -0.3 is 4.74 Å². The minimum absolute atomic E-state index is 0.0834. The van der Waals surface area contributed by atoms with E-state index in [4.69, 9.17) is 4.74 Å². The lowest BCUT2D eigenvalue weighted by atomic mass is 10.1. The molecule has 0 spiro atoms. The molecule has 17 heavy (non-hydrogen) atoms. The highest BCUT2D eigenvalue weighted by molar-refractivity contribution is 7.92. The van der Waals surface area contributed by atoms with Crippen molar-refractivity contribution >= 4 is 22.0 Å². The fraction of sp³-hybridized carbons (Fsp3) is 0.364. The summed E-state index contributed by atoms with van der Waals surface area (Å²) in [5.41, 5.74) is 1.79. The van der Waals surface area contributed by atoms with Crippen molar-refractivity contribution in [3.63, 3.8) is 0 Å². The molecule has 92 valence electrons. The Hall–Kier alpha value is -1.56. The number of nitrogens with zero attached hydrogens (tertiary/aromatic N) is 1. The van der Waals surface area contributed by atoms with Crippen molar-refractivity contribution in [2.45, 2.75) is 6.42 Å². The van der Waals surface area contributed by atoms with E-state index in [0.717, 1.165) is 5.56 Å². The average Bonchev–Trinajstić information content (AvgIpc) is 2.33. The molecule has 2 rings (SSSR count). The second-order valence-electron chi connectivity index (χ2n) is 3.87. The van der Waals surface area contributed by atoms with Gasteiger partial charge in [-0.15, -0.1) is 0 Å². The third-order valence-corrected chi connectivity index (χ3v) is 4.70. The van der Waals surface area contributed by atoms with Crippen LogP contribution in [0.1, 0.15) is 15.9 Å². The zero-order chi connectivity index (χ0) is 12.6. The highest BCUT2D eigenvalue weighted by Crippen LogP contribution is 2.33. The summed E-state index contributed by atoms with van der Waals surface area (Å²) in [6.07, 6.45) is 1.10. The molecule has 0 amide bonds. The van der Waals surface area contributed by atoms with Crippen molar-refractivity contribution in [2.75, 3.05) is 24.2 Å². The van der Waals surface area contributed by atoms with Crippen LogP contribution in [0.3, 0.4) is 0 Å². The molecule has 5 nitrogen and oxygen atoms in total. The maximum absolute atomic E-state index is 11.7. The summed E-state index contributed by atoms with van der Waals surface area (Å²) in [5.74, 6) is 0.562. The number of hydrogen-bond donors (Lipinski definition) is 0. The van der Waals surface area contributed by atoms with E-state index in [1.54, 1.807) is 12.1 Å². The number of benzene rings is 1. The molecule has 0 fully saturated rings. The Bertz CT molecular complexity index is 565. The van der Waals surface area contributed by atoms with Crippen LogP contribution in [0.15, 0.2) is 12.1 Å². The number of carbonyl (C=O) groups excluding carboxylic acids is 1. The second-order valence-corrected chi connectivity index (χ2v) is 5.99. The third-order valence-electron chi connectivity index (χ3n) is 2.94. The maximum atomic E-state index is 11.7. The first-order valence-electron chi connectivity index (χ1n) is 5.12. The van der Waals surface area contributed by atoms with Crippen LogP contribution in [-0.4, -0.2) is 34.6 Å². The van der Waals surface area contributed by atoms with E-state index in [9.17, 15) is 13.2 Å². The van der Waals surface area contributed by atoms with Crippen molar-refractivity contribution in [3.05, 3.63) is 23.3 Å². The van der Waals surface area contributed by atoms with E-state index in [-0.39, 0.29) is 5.75 Å². The van der Waals surface area contributed by atoms with E-state index >= 15 is 0 Å². The van der Waals surface area contributed by atoms with Crippen molar-refractivity contribution in [2.24, 2.45) is 0 Å². The van der Waals surface area contributed by atoms with Crippen molar-refractivity contribution in [1.29, 1.82) is 0 Å². The minimum atomic E-state index is -3.24. The van der Waals surface area contributed by atoms with E-state index in [2.05, 4.69) is 0 Å². The van der Waals surface area contributed by atoms with Gasteiger partial charge in [0.2, 0.25) is 10.0 Å². The first kappa shape index (κ1) is 11.9. The Morgan fingerprint density at radius 3 is 2.71 bits per heavy atom. The minimum Gasteiger partial charge on any atom is -0.496 e. The molecule has 6 heteroatoms. The number of aryl methyl sites for hydroxylation is 1. The van der Waals surface area contributed by atoms with E-state index in [1.807, 2.05) is 0 Å². The number of hydrogen-bond acceptors (Lipinski definition) is 4. The van der Waals surface area contributed by atoms with Crippen LogP contribution in [0, 0.1) is 0 Å². The average molecular weight is 255 g/mol. The Kier molecular flexibility index (Phi) is 2.82. The van der Waals surface area contributed by atoms with E-state index in [0.29, 0.717) is 29.7 Å². The normalized spacial score (nSPS) is 17.4. The third kappa shape index (κ3) is 1.88. The van der Waals surface area contributed by atoms with Gasteiger partial charge in [0.05, 0.1) is 24.1 Å². The van der Waals surface area contributed by atoms with Crippen LogP contribution in [0.2, 0.25) is 0 Å². The summed E-state index contributed by atoms with van der Waals surface area (Å²) in [6, 6.07) is 3.28. The molecule has 1 aromatic carbocycles. The first-order valence-corrected chi connectivity index (χ1v) is 6.73. The van der Waals surface area contributed by atoms with Gasteiger partial charge in [0.25, 0.3) is 0 Å². The number of fused-ring (bicyclic) bond motifs is 1. The molecule has 0 atom stereocenters. The SMILES string of the molecule is COc1cc2c(cc1C=O)N(C)S(=O)(=O)CC2. The van der Waals surface area contributed by atoms with Gasteiger partial charge in [-0.25, -0.2) is 8.42 Å². The molecular formula is C11H13NO4S. The molecule has 1 aromatic rings. The largest absolute Gasteiger partial charge is 0.496 e. The van der Waals surface area contributed by atoms with Gasteiger partial charge in [-0.1, -0.05) is 0 Å². The molecule has 1 heterocycles. The number of aldehydes is 1. The zero-order valence-electron chi connectivity index (χ0n) is 9.63. The zero-order valence-corrected chi connectivity index (χ0v) is 10.5. The van der Waals surface area contributed by atoms with Crippen LogP contribution in [-0.2, 0) is 16.4 Å². The van der Waals surface area contributed by atoms with Gasteiger partial charge >= 0.3 is 0 Å². The van der Waals surface area contributed by atoms with Gasteiger partial charge in [0.1, 0.15) is 5.75 Å². The number of sulfonamides is 1. The van der Waals surface area contributed by atoms with E-state index in [1.165, 1.54) is 18.5 Å². The number of ether oxygens (including phenoxy) is 1. The molecule has 0 saturated carbocycles. The monoisotopic (exact) mass is 255 g/mol. The summed E-state index contributed by atoms with van der Waals surface area (Å²) in [4.78, 5) is 10.9. The standard InChI is InChI=1S/C11H13NO4S/c1-12-10-5-9(7-13)11(16-2)6-8(10)3-4-17(12,14)15/h5-7H,3-4H2,1-2H3. The van der Waals surface area contributed by atoms with Crippen molar-refractivity contribution in [3.8, 4) is 5.75 Å². The topological polar surface area (TPSA) is 63.7 Å².